The summed E-state index contributed by atoms with van der Waals surface area (Å²) in [5, 5.41) is 10.7. The molecule has 0 aliphatic carbocycles. The molecule has 2 heterocycles. The van der Waals surface area contributed by atoms with Crippen LogP contribution >= 0.6 is 0 Å². The second-order valence-corrected chi connectivity index (χ2v) is 5.76. The zero-order valence-electron chi connectivity index (χ0n) is 10.2. The Balaban J connectivity index is 2.19. The van der Waals surface area contributed by atoms with E-state index in [1.165, 1.54) is 12.8 Å². The maximum absolute atomic E-state index is 10.7. The molecule has 0 spiro atoms. The molecule has 3 nitrogen and oxygen atoms in total. The molecular weight excluding hydrogens is 188 g/mol. The third-order valence-corrected chi connectivity index (χ3v) is 4.93. The minimum atomic E-state index is -0.653. The Bertz CT molecular complexity index is 238. The molecule has 3 unspecified atom stereocenters. The van der Waals surface area contributed by atoms with Crippen LogP contribution in [0.25, 0.3) is 0 Å². The van der Waals surface area contributed by atoms with Crippen LogP contribution in [-0.2, 0) is 0 Å². The van der Waals surface area contributed by atoms with E-state index in [2.05, 4.69) is 18.9 Å². The van der Waals surface area contributed by atoms with Crippen molar-refractivity contribution < 1.29 is 5.11 Å². The minimum absolute atomic E-state index is 0.435. The van der Waals surface area contributed by atoms with E-state index in [-0.39, 0.29) is 0 Å². The van der Waals surface area contributed by atoms with Crippen molar-refractivity contribution in [3.05, 3.63) is 0 Å². The predicted octanol–water partition coefficient (Wildman–Crippen LogP) is 1.10. The lowest BCUT2D eigenvalue weighted by atomic mass is 9.71. The van der Waals surface area contributed by atoms with Crippen molar-refractivity contribution in [2.45, 2.75) is 69.2 Å². The van der Waals surface area contributed by atoms with Gasteiger partial charge < -0.3 is 15.7 Å². The van der Waals surface area contributed by atoms with Gasteiger partial charge in [0.1, 0.15) is 0 Å². The number of piperidine rings is 1. The highest BCUT2D eigenvalue weighted by Gasteiger charge is 2.52. The van der Waals surface area contributed by atoms with E-state index in [0.717, 1.165) is 19.3 Å². The molecule has 0 radical (unpaired) electrons. The van der Waals surface area contributed by atoms with Crippen LogP contribution in [0, 0.1) is 0 Å². The lowest BCUT2D eigenvalue weighted by molar-refractivity contribution is -0.0938. The molecular formula is C12H24N2O. The van der Waals surface area contributed by atoms with Crippen molar-refractivity contribution >= 4 is 0 Å². The summed E-state index contributed by atoms with van der Waals surface area (Å²) < 4.78 is 0. The van der Waals surface area contributed by atoms with Crippen LogP contribution in [0.1, 0.15) is 46.0 Å². The van der Waals surface area contributed by atoms with Gasteiger partial charge in [0.05, 0.1) is 5.60 Å². The molecule has 15 heavy (non-hydrogen) atoms. The summed E-state index contributed by atoms with van der Waals surface area (Å²) in [6.07, 6.45) is 4.99. The Kier molecular flexibility index (Phi) is 2.61. The molecule has 2 bridgehead atoms. The average molecular weight is 212 g/mol. The van der Waals surface area contributed by atoms with E-state index in [0.29, 0.717) is 12.1 Å². The molecule has 0 amide bonds. The van der Waals surface area contributed by atoms with Crippen molar-refractivity contribution in [3.8, 4) is 0 Å². The van der Waals surface area contributed by atoms with Gasteiger partial charge in [0.25, 0.3) is 0 Å². The van der Waals surface area contributed by atoms with E-state index < -0.39 is 11.1 Å². The van der Waals surface area contributed by atoms with E-state index in [1.807, 2.05) is 6.92 Å². The first-order valence-electron chi connectivity index (χ1n) is 6.13. The van der Waals surface area contributed by atoms with Crippen molar-refractivity contribution in [1.29, 1.82) is 0 Å². The Morgan fingerprint density at radius 1 is 1.40 bits per heavy atom. The van der Waals surface area contributed by atoms with Gasteiger partial charge in [-0.3, -0.25) is 0 Å². The molecule has 2 saturated heterocycles. The van der Waals surface area contributed by atoms with Crippen LogP contribution in [0.2, 0.25) is 0 Å². The van der Waals surface area contributed by atoms with Crippen molar-refractivity contribution in [2.24, 2.45) is 5.73 Å². The summed E-state index contributed by atoms with van der Waals surface area (Å²) in [5.74, 6) is 0. The number of aliphatic hydroxyl groups is 1. The molecule has 2 aliphatic heterocycles. The third-order valence-electron chi connectivity index (χ3n) is 4.93. The Labute approximate surface area is 92.6 Å². The first-order chi connectivity index (χ1) is 6.89. The van der Waals surface area contributed by atoms with Gasteiger partial charge in [-0.1, -0.05) is 6.92 Å². The summed E-state index contributed by atoms with van der Waals surface area (Å²) in [4.78, 5) is 2.43. The van der Waals surface area contributed by atoms with Crippen molar-refractivity contribution in [1.82, 2.24) is 4.90 Å². The number of rotatable bonds is 2. The Morgan fingerprint density at radius 3 is 2.27 bits per heavy atom. The Morgan fingerprint density at radius 2 is 1.87 bits per heavy atom. The van der Waals surface area contributed by atoms with Crippen LogP contribution < -0.4 is 5.73 Å². The highest BCUT2D eigenvalue weighted by Crippen LogP contribution is 2.44. The topological polar surface area (TPSA) is 49.5 Å². The van der Waals surface area contributed by atoms with E-state index in [1.54, 1.807) is 0 Å². The third kappa shape index (κ3) is 1.61. The average Bonchev–Trinajstić information content (AvgIpc) is 2.40. The number of hydrogen-bond donors (Lipinski definition) is 2. The first-order valence-corrected chi connectivity index (χ1v) is 6.13. The van der Waals surface area contributed by atoms with Crippen LogP contribution in [-0.4, -0.2) is 40.3 Å². The van der Waals surface area contributed by atoms with Crippen LogP contribution in [0.5, 0.6) is 0 Å². The quantitative estimate of drug-likeness (QED) is 0.720. The molecule has 0 aromatic heterocycles. The molecule has 2 fully saturated rings. The summed E-state index contributed by atoms with van der Waals surface area (Å²) in [7, 11) is 2.18. The molecule has 88 valence electrons. The SMILES string of the molecule is CCC(C)(N)C1(O)CC2CCC(C1)N2C. The lowest BCUT2D eigenvalue weighted by Crippen LogP contribution is -2.64. The highest BCUT2D eigenvalue weighted by molar-refractivity contribution is 5.09. The van der Waals surface area contributed by atoms with Crippen molar-refractivity contribution in [3.63, 3.8) is 0 Å². The van der Waals surface area contributed by atoms with Gasteiger partial charge in [0, 0.05) is 17.6 Å². The summed E-state index contributed by atoms with van der Waals surface area (Å²) in [6.45, 7) is 4.07. The van der Waals surface area contributed by atoms with Gasteiger partial charge in [0.2, 0.25) is 0 Å². The van der Waals surface area contributed by atoms with Gasteiger partial charge in [0.15, 0.2) is 0 Å². The molecule has 3 atom stereocenters. The van der Waals surface area contributed by atoms with Crippen molar-refractivity contribution in [2.75, 3.05) is 7.05 Å². The molecule has 0 saturated carbocycles. The number of fused-ring (bicyclic) bond motifs is 2. The largest absolute Gasteiger partial charge is 0.388 e. The fraction of sp³-hybridized carbons (Fsp3) is 1.00. The van der Waals surface area contributed by atoms with E-state index >= 15 is 0 Å². The van der Waals surface area contributed by atoms with Gasteiger partial charge in [-0.25, -0.2) is 0 Å². The predicted molar refractivity (Wildman–Crippen MR) is 61.6 cm³/mol. The maximum Gasteiger partial charge on any atom is 0.0853 e. The van der Waals surface area contributed by atoms with E-state index in [4.69, 9.17) is 5.73 Å². The number of nitrogens with zero attached hydrogens (tertiary/aromatic N) is 1. The fourth-order valence-electron chi connectivity index (χ4n) is 3.24. The Hall–Kier alpha value is -0.120. The van der Waals surface area contributed by atoms with Gasteiger partial charge in [-0.05, 0) is 46.1 Å². The summed E-state index contributed by atoms with van der Waals surface area (Å²) in [5.41, 5.74) is 5.17. The van der Waals surface area contributed by atoms with Crippen LogP contribution in [0.3, 0.4) is 0 Å². The van der Waals surface area contributed by atoms with Gasteiger partial charge >= 0.3 is 0 Å². The molecule has 3 N–H and O–H groups in total. The molecule has 2 rings (SSSR count). The zero-order chi connectivity index (χ0) is 11.3. The summed E-state index contributed by atoms with van der Waals surface area (Å²) in [6, 6.07) is 1.09. The summed E-state index contributed by atoms with van der Waals surface area (Å²) >= 11 is 0. The van der Waals surface area contributed by atoms with Crippen LogP contribution in [0.15, 0.2) is 0 Å². The molecule has 2 aliphatic rings. The first kappa shape index (κ1) is 11.4. The molecule has 0 aromatic carbocycles. The minimum Gasteiger partial charge on any atom is -0.388 e. The second-order valence-electron chi connectivity index (χ2n) is 5.76. The highest BCUT2D eigenvalue weighted by atomic mass is 16.3. The zero-order valence-corrected chi connectivity index (χ0v) is 10.2. The van der Waals surface area contributed by atoms with Crippen LogP contribution in [0.4, 0.5) is 0 Å². The standard InChI is InChI=1S/C12H24N2O/c1-4-11(2,13)12(15)7-9-5-6-10(8-12)14(9)3/h9-10,15H,4-8,13H2,1-3H3. The normalized spacial score (nSPS) is 45.4. The van der Waals surface area contributed by atoms with Gasteiger partial charge in [-0.2, -0.15) is 0 Å². The van der Waals surface area contributed by atoms with Gasteiger partial charge in [-0.15, -0.1) is 0 Å². The maximum atomic E-state index is 10.7. The monoisotopic (exact) mass is 212 g/mol. The smallest absolute Gasteiger partial charge is 0.0853 e. The molecule has 0 aromatic rings. The number of nitrogens with two attached hydrogens (primary N) is 1. The van der Waals surface area contributed by atoms with E-state index in [9.17, 15) is 5.11 Å². The lowest BCUT2D eigenvalue weighted by Gasteiger charge is -2.50. The fourth-order valence-corrected chi connectivity index (χ4v) is 3.24. The second kappa shape index (κ2) is 3.44. The molecule has 3 heteroatoms. The number of hydrogen-bond acceptors (Lipinski definition) is 3.